The van der Waals surface area contributed by atoms with Crippen LogP contribution in [0.2, 0.25) is 0 Å². The zero-order valence-corrected chi connectivity index (χ0v) is 14.7. The molecule has 0 radical (unpaired) electrons. The molecule has 0 saturated heterocycles. The number of nitrogens with one attached hydrogen (secondary N) is 1. The van der Waals surface area contributed by atoms with Gasteiger partial charge in [-0.2, -0.15) is 0 Å². The van der Waals surface area contributed by atoms with Gasteiger partial charge in [-0.05, 0) is 31.2 Å². The maximum Gasteiger partial charge on any atom is 0.421 e. The number of carbonyl (C=O) groups excluding carboxylic acids is 1. The average molecular weight is 372 g/mol. The fourth-order valence-electron chi connectivity index (χ4n) is 2.13. The predicted octanol–water partition coefficient (Wildman–Crippen LogP) is 2.19. The monoisotopic (exact) mass is 372 g/mol. The third kappa shape index (κ3) is 4.25. The Kier molecular flexibility index (Phi) is 4.99. The molecule has 0 atom stereocenters. The minimum Gasteiger partial charge on any atom is -0.442 e. The van der Waals surface area contributed by atoms with Gasteiger partial charge < -0.3 is 4.74 Å². The number of nitrogens with zero attached hydrogens (tertiary/aromatic N) is 3. The quantitative estimate of drug-likeness (QED) is 0.736. The number of ether oxygens (including phenoxy) is 1. The van der Waals surface area contributed by atoms with Crippen LogP contribution in [0.15, 0.2) is 65.7 Å². The summed E-state index contributed by atoms with van der Waals surface area (Å²) in [6.45, 7) is 1.63. The molecular formula is C17H16N4O4S. The Bertz CT molecular complexity index is 999. The Balaban J connectivity index is 1.59. The molecule has 0 saturated carbocycles. The van der Waals surface area contributed by atoms with E-state index in [4.69, 9.17) is 4.74 Å². The number of aryl methyl sites for hydroxylation is 1. The molecule has 134 valence electrons. The molecule has 0 fully saturated rings. The third-order valence-electron chi connectivity index (χ3n) is 3.46. The number of hydrogen-bond donors (Lipinski definition) is 1. The second-order valence-electron chi connectivity index (χ2n) is 5.48. The van der Waals surface area contributed by atoms with E-state index >= 15 is 0 Å². The van der Waals surface area contributed by atoms with Gasteiger partial charge in [-0.3, -0.25) is 0 Å². The van der Waals surface area contributed by atoms with Gasteiger partial charge in [-0.1, -0.05) is 41.1 Å². The lowest BCUT2D eigenvalue weighted by atomic mass is 10.2. The summed E-state index contributed by atoms with van der Waals surface area (Å²) in [5, 5.41) is 7.82. The molecule has 0 aliphatic heterocycles. The molecule has 9 heteroatoms. The van der Waals surface area contributed by atoms with E-state index in [0.29, 0.717) is 5.69 Å². The van der Waals surface area contributed by atoms with E-state index in [1.807, 2.05) is 42.0 Å². The molecule has 8 nitrogen and oxygen atoms in total. The van der Waals surface area contributed by atoms with Crippen molar-refractivity contribution in [3.05, 3.63) is 72.1 Å². The van der Waals surface area contributed by atoms with Crippen molar-refractivity contribution in [3.63, 3.8) is 0 Å². The first kappa shape index (κ1) is 17.6. The Labute approximate surface area is 150 Å². The number of carbonyl (C=O) groups is 1. The van der Waals surface area contributed by atoms with E-state index in [9.17, 15) is 13.2 Å². The molecule has 3 aromatic rings. The Morgan fingerprint density at radius 3 is 2.50 bits per heavy atom. The SMILES string of the molecule is Cc1ccc(S(=O)(=O)NC(=O)OCc2cn(-c3ccccc3)nn2)cc1. The van der Waals surface area contributed by atoms with E-state index < -0.39 is 16.1 Å². The van der Waals surface area contributed by atoms with Crippen LogP contribution in [0, 0.1) is 6.92 Å². The maximum absolute atomic E-state index is 12.1. The van der Waals surface area contributed by atoms with E-state index in [2.05, 4.69) is 10.3 Å². The number of benzene rings is 2. The summed E-state index contributed by atoms with van der Waals surface area (Å²) in [4.78, 5) is 11.8. The second-order valence-corrected chi connectivity index (χ2v) is 7.17. The highest BCUT2D eigenvalue weighted by atomic mass is 32.2. The number of sulfonamides is 1. The molecular weight excluding hydrogens is 356 g/mol. The first-order valence-electron chi connectivity index (χ1n) is 7.67. The van der Waals surface area contributed by atoms with E-state index in [-0.39, 0.29) is 11.5 Å². The van der Waals surface area contributed by atoms with Crippen LogP contribution in [-0.2, 0) is 21.4 Å². The van der Waals surface area contributed by atoms with Crippen LogP contribution in [0.4, 0.5) is 4.79 Å². The molecule has 2 aromatic carbocycles. The van der Waals surface area contributed by atoms with Gasteiger partial charge in [-0.25, -0.2) is 22.6 Å². The smallest absolute Gasteiger partial charge is 0.421 e. The largest absolute Gasteiger partial charge is 0.442 e. The van der Waals surface area contributed by atoms with E-state index in [1.165, 1.54) is 16.8 Å². The first-order chi connectivity index (χ1) is 12.4. The van der Waals surface area contributed by atoms with Gasteiger partial charge >= 0.3 is 6.09 Å². The Morgan fingerprint density at radius 1 is 1.12 bits per heavy atom. The van der Waals surface area contributed by atoms with Gasteiger partial charge in [0.2, 0.25) is 0 Å². The standard InChI is InChI=1S/C17H16N4O4S/c1-13-7-9-16(10-8-13)26(23,24)19-17(22)25-12-14-11-21(20-18-14)15-5-3-2-4-6-15/h2-11H,12H2,1H3,(H,19,22). The number of rotatable bonds is 5. The Morgan fingerprint density at radius 2 is 1.81 bits per heavy atom. The van der Waals surface area contributed by atoms with E-state index in [0.717, 1.165) is 11.3 Å². The summed E-state index contributed by atoms with van der Waals surface area (Å²) in [6, 6.07) is 15.4. The fourth-order valence-corrected chi connectivity index (χ4v) is 3.02. The van der Waals surface area contributed by atoms with Crippen molar-refractivity contribution in [2.75, 3.05) is 0 Å². The number of aromatic nitrogens is 3. The normalized spacial score (nSPS) is 11.1. The van der Waals surface area contributed by atoms with Crippen LogP contribution in [-0.4, -0.2) is 29.5 Å². The van der Waals surface area contributed by atoms with Crippen LogP contribution >= 0.6 is 0 Å². The third-order valence-corrected chi connectivity index (χ3v) is 4.79. The van der Waals surface area contributed by atoms with Crippen molar-refractivity contribution in [3.8, 4) is 5.69 Å². The highest BCUT2D eigenvalue weighted by Gasteiger charge is 2.18. The molecule has 3 rings (SSSR count). The van der Waals surface area contributed by atoms with Crippen LogP contribution < -0.4 is 4.72 Å². The van der Waals surface area contributed by atoms with Crippen molar-refractivity contribution in [2.45, 2.75) is 18.4 Å². The molecule has 0 aliphatic carbocycles. The van der Waals surface area contributed by atoms with Crippen LogP contribution in [0.25, 0.3) is 5.69 Å². The maximum atomic E-state index is 12.1. The lowest BCUT2D eigenvalue weighted by Gasteiger charge is -2.07. The van der Waals surface area contributed by atoms with Gasteiger partial charge in [0, 0.05) is 0 Å². The summed E-state index contributed by atoms with van der Waals surface area (Å²) in [5.74, 6) is 0. The lowest BCUT2D eigenvalue weighted by Crippen LogP contribution is -2.31. The average Bonchev–Trinajstić information content (AvgIpc) is 3.10. The zero-order valence-electron chi connectivity index (χ0n) is 13.9. The van der Waals surface area contributed by atoms with E-state index in [1.54, 1.807) is 18.3 Å². The van der Waals surface area contributed by atoms with Gasteiger partial charge in [0.05, 0.1) is 16.8 Å². The predicted molar refractivity (Wildman–Crippen MR) is 93.0 cm³/mol. The molecule has 0 aliphatic rings. The van der Waals surface area contributed by atoms with Gasteiger partial charge in [0.15, 0.2) is 0 Å². The molecule has 1 aromatic heterocycles. The Hall–Kier alpha value is -3.20. The molecule has 26 heavy (non-hydrogen) atoms. The zero-order chi connectivity index (χ0) is 18.6. The summed E-state index contributed by atoms with van der Waals surface area (Å²) in [7, 11) is -3.98. The molecule has 1 amide bonds. The second kappa shape index (κ2) is 7.36. The summed E-state index contributed by atoms with van der Waals surface area (Å²) < 4.78 is 32.5. The van der Waals surface area contributed by atoms with Gasteiger partial charge in [0.25, 0.3) is 10.0 Å². The minimum atomic E-state index is -3.98. The summed E-state index contributed by atoms with van der Waals surface area (Å²) >= 11 is 0. The van der Waals surface area contributed by atoms with Crippen LogP contribution in [0.3, 0.4) is 0 Å². The molecule has 1 heterocycles. The highest BCUT2D eigenvalue weighted by molar-refractivity contribution is 7.90. The number of amides is 1. The molecule has 1 N–H and O–H groups in total. The minimum absolute atomic E-state index is 0.0185. The first-order valence-corrected chi connectivity index (χ1v) is 9.15. The summed E-state index contributed by atoms with van der Waals surface area (Å²) in [5.41, 5.74) is 2.10. The molecule has 0 unspecified atom stereocenters. The number of para-hydroxylation sites is 1. The van der Waals surface area contributed by atoms with Crippen molar-refractivity contribution in [1.82, 2.24) is 19.7 Å². The summed E-state index contributed by atoms with van der Waals surface area (Å²) in [6.07, 6.45) is 0.511. The molecule has 0 bridgehead atoms. The molecule has 0 spiro atoms. The van der Waals surface area contributed by atoms with Crippen molar-refractivity contribution in [2.24, 2.45) is 0 Å². The van der Waals surface area contributed by atoms with Gasteiger partial charge in [-0.15, -0.1) is 5.10 Å². The van der Waals surface area contributed by atoms with Crippen molar-refractivity contribution < 1.29 is 17.9 Å². The number of hydrogen-bond acceptors (Lipinski definition) is 6. The fraction of sp³-hybridized carbons (Fsp3) is 0.118. The van der Waals surface area contributed by atoms with Crippen LogP contribution in [0.5, 0.6) is 0 Å². The van der Waals surface area contributed by atoms with Crippen molar-refractivity contribution >= 4 is 16.1 Å². The van der Waals surface area contributed by atoms with Crippen LogP contribution in [0.1, 0.15) is 11.3 Å². The topological polar surface area (TPSA) is 103 Å². The van der Waals surface area contributed by atoms with Gasteiger partial charge in [0.1, 0.15) is 12.3 Å². The lowest BCUT2D eigenvalue weighted by molar-refractivity contribution is 0.144. The highest BCUT2D eigenvalue weighted by Crippen LogP contribution is 2.10. The van der Waals surface area contributed by atoms with Crippen molar-refractivity contribution in [1.29, 1.82) is 0 Å².